The zero-order valence-corrected chi connectivity index (χ0v) is 20.6. The molecule has 1 N–H and O–H groups in total. The quantitative estimate of drug-likeness (QED) is 0.256. The van der Waals surface area contributed by atoms with E-state index < -0.39 is 0 Å². The van der Waals surface area contributed by atoms with Crippen LogP contribution < -0.4 is 5.32 Å². The molecular formula is C19H38IN5OS. The Morgan fingerprint density at radius 3 is 2.30 bits per heavy atom. The number of thioether (sulfide) groups is 1. The molecule has 27 heavy (non-hydrogen) atoms. The number of piperazine rings is 1. The van der Waals surface area contributed by atoms with E-state index in [4.69, 9.17) is 0 Å². The minimum Gasteiger partial charge on any atom is -0.356 e. The number of hydrogen-bond acceptors (Lipinski definition) is 4. The molecule has 0 aromatic rings. The fourth-order valence-electron chi connectivity index (χ4n) is 4.02. The van der Waals surface area contributed by atoms with Gasteiger partial charge in [-0.15, -0.1) is 24.0 Å². The summed E-state index contributed by atoms with van der Waals surface area (Å²) in [5.74, 6) is 3.72. The highest BCUT2D eigenvalue weighted by Gasteiger charge is 2.27. The molecule has 2 rings (SSSR count). The molecule has 2 atom stereocenters. The third kappa shape index (κ3) is 8.35. The number of aliphatic imine (C=N–C) groups is 1. The van der Waals surface area contributed by atoms with Gasteiger partial charge < -0.3 is 15.1 Å². The summed E-state index contributed by atoms with van der Waals surface area (Å²) in [5.41, 5.74) is 0. The third-order valence-electron chi connectivity index (χ3n) is 5.27. The Hall–Kier alpha value is -0.220. The molecule has 0 spiro atoms. The van der Waals surface area contributed by atoms with Crippen LogP contribution in [0.3, 0.4) is 0 Å². The summed E-state index contributed by atoms with van der Waals surface area (Å²) in [6.45, 7) is 11.6. The van der Waals surface area contributed by atoms with Crippen molar-refractivity contribution in [2.24, 2.45) is 16.8 Å². The van der Waals surface area contributed by atoms with Gasteiger partial charge in [0.2, 0.25) is 5.91 Å². The number of likely N-dealkylation sites (tertiary alicyclic amines) is 1. The standard InChI is InChI=1S/C19H37N5OS.HI/c1-16-12-17(2)14-24(13-16)18(25)15-22-7-9-23(10-8-22)19(20-3)21-6-5-11-26-4;/h16-17H,5-15H2,1-4H3,(H,20,21);1H. The minimum absolute atomic E-state index is 0. The number of hydrogen-bond donors (Lipinski definition) is 1. The SMILES string of the molecule is CN=C(NCCCSC)N1CCN(CC(=O)N2CC(C)CC(C)C2)CC1.I. The van der Waals surface area contributed by atoms with Crippen LogP contribution in [0.1, 0.15) is 26.7 Å². The van der Waals surface area contributed by atoms with Crippen LogP contribution in [0.5, 0.6) is 0 Å². The van der Waals surface area contributed by atoms with Gasteiger partial charge in [-0.3, -0.25) is 14.7 Å². The van der Waals surface area contributed by atoms with Crippen LogP contribution >= 0.6 is 35.7 Å². The highest BCUT2D eigenvalue weighted by atomic mass is 127. The van der Waals surface area contributed by atoms with Crippen LogP contribution in [-0.2, 0) is 4.79 Å². The molecule has 1 amide bonds. The number of piperidine rings is 1. The summed E-state index contributed by atoms with van der Waals surface area (Å²) in [6.07, 6.45) is 4.54. The van der Waals surface area contributed by atoms with Gasteiger partial charge in [0.1, 0.15) is 0 Å². The molecule has 0 saturated carbocycles. The van der Waals surface area contributed by atoms with E-state index in [9.17, 15) is 4.79 Å². The Morgan fingerprint density at radius 1 is 1.11 bits per heavy atom. The summed E-state index contributed by atoms with van der Waals surface area (Å²) >= 11 is 1.88. The van der Waals surface area contributed by atoms with Crippen molar-refractivity contribution < 1.29 is 4.79 Å². The maximum absolute atomic E-state index is 12.7. The fourth-order valence-corrected chi connectivity index (χ4v) is 4.46. The van der Waals surface area contributed by atoms with E-state index in [1.54, 1.807) is 0 Å². The van der Waals surface area contributed by atoms with Gasteiger partial charge in [-0.2, -0.15) is 11.8 Å². The lowest BCUT2D eigenvalue weighted by Crippen LogP contribution is -2.55. The Kier molecular flexibility index (Phi) is 12.0. The van der Waals surface area contributed by atoms with Gasteiger partial charge >= 0.3 is 0 Å². The van der Waals surface area contributed by atoms with Crippen molar-refractivity contribution in [3.63, 3.8) is 0 Å². The number of halogens is 1. The van der Waals surface area contributed by atoms with Gasteiger partial charge in [-0.1, -0.05) is 13.8 Å². The molecule has 0 radical (unpaired) electrons. The number of nitrogens with one attached hydrogen (secondary N) is 1. The van der Waals surface area contributed by atoms with E-state index >= 15 is 0 Å². The molecule has 0 aromatic carbocycles. The zero-order valence-electron chi connectivity index (χ0n) is 17.4. The molecule has 0 bridgehead atoms. The largest absolute Gasteiger partial charge is 0.356 e. The lowest BCUT2D eigenvalue weighted by molar-refractivity contribution is -0.135. The molecule has 0 aromatic heterocycles. The van der Waals surface area contributed by atoms with Crippen molar-refractivity contribution in [3.8, 4) is 0 Å². The second-order valence-electron chi connectivity index (χ2n) is 7.83. The summed E-state index contributed by atoms with van der Waals surface area (Å²) in [5, 5.41) is 3.46. The van der Waals surface area contributed by atoms with Crippen LogP contribution in [0, 0.1) is 11.8 Å². The normalized spacial score (nSPS) is 24.5. The monoisotopic (exact) mass is 511 g/mol. The molecule has 2 saturated heterocycles. The second-order valence-corrected chi connectivity index (χ2v) is 8.81. The first kappa shape index (κ1) is 24.8. The number of guanidine groups is 1. The Morgan fingerprint density at radius 2 is 1.74 bits per heavy atom. The number of amides is 1. The molecule has 2 unspecified atom stereocenters. The van der Waals surface area contributed by atoms with Gasteiger partial charge in [0.05, 0.1) is 6.54 Å². The van der Waals surface area contributed by atoms with Crippen LogP contribution in [0.4, 0.5) is 0 Å². The van der Waals surface area contributed by atoms with Crippen molar-refractivity contribution in [2.45, 2.75) is 26.7 Å². The van der Waals surface area contributed by atoms with Crippen LogP contribution in [-0.4, -0.2) is 98.0 Å². The smallest absolute Gasteiger partial charge is 0.236 e. The van der Waals surface area contributed by atoms with Crippen LogP contribution in [0.2, 0.25) is 0 Å². The molecule has 0 aliphatic carbocycles. The summed E-state index contributed by atoms with van der Waals surface area (Å²) in [4.78, 5) is 23.8. The first-order chi connectivity index (χ1) is 12.5. The van der Waals surface area contributed by atoms with Gasteiger partial charge in [0.25, 0.3) is 0 Å². The van der Waals surface area contributed by atoms with Crippen LogP contribution in [0.25, 0.3) is 0 Å². The average molecular weight is 512 g/mol. The lowest BCUT2D eigenvalue weighted by atomic mass is 9.92. The molecule has 2 aliphatic rings. The van der Waals surface area contributed by atoms with Gasteiger partial charge in [-0.05, 0) is 36.7 Å². The van der Waals surface area contributed by atoms with E-state index in [0.29, 0.717) is 24.3 Å². The minimum atomic E-state index is 0. The predicted octanol–water partition coefficient (Wildman–Crippen LogP) is 2.06. The Bertz CT molecular complexity index is 461. The molecule has 158 valence electrons. The van der Waals surface area contributed by atoms with E-state index in [-0.39, 0.29) is 24.0 Å². The molecule has 2 fully saturated rings. The number of nitrogens with zero attached hydrogens (tertiary/aromatic N) is 4. The van der Waals surface area contributed by atoms with Crippen molar-refractivity contribution >= 4 is 47.6 Å². The molecular weight excluding hydrogens is 473 g/mol. The van der Waals surface area contributed by atoms with Crippen molar-refractivity contribution in [2.75, 3.05) is 71.4 Å². The van der Waals surface area contributed by atoms with Crippen molar-refractivity contribution in [1.29, 1.82) is 0 Å². The number of carbonyl (C=O) groups is 1. The average Bonchev–Trinajstić information content (AvgIpc) is 2.62. The Balaban J connectivity index is 0.00000364. The molecule has 2 heterocycles. The fraction of sp³-hybridized carbons (Fsp3) is 0.895. The van der Waals surface area contributed by atoms with Crippen LogP contribution in [0.15, 0.2) is 4.99 Å². The summed E-state index contributed by atoms with van der Waals surface area (Å²) in [6, 6.07) is 0. The maximum atomic E-state index is 12.7. The van der Waals surface area contributed by atoms with E-state index in [1.807, 2.05) is 18.8 Å². The molecule has 6 nitrogen and oxygen atoms in total. The molecule has 8 heteroatoms. The zero-order chi connectivity index (χ0) is 18.9. The summed E-state index contributed by atoms with van der Waals surface area (Å²) in [7, 11) is 1.85. The van der Waals surface area contributed by atoms with Crippen molar-refractivity contribution in [1.82, 2.24) is 20.0 Å². The highest BCUT2D eigenvalue weighted by Crippen LogP contribution is 2.21. The second kappa shape index (κ2) is 13.1. The highest BCUT2D eigenvalue weighted by molar-refractivity contribution is 14.0. The molecule has 2 aliphatic heterocycles. The van der Waals surface area contributed by atoms with E-state index in [0.717, 1.165) is 58.2 Å². The van der Waals surface area contributed by atoms with Gasteiger partial charge in [0, 0.05) is 52.9 Å². The third-order valence-corrected chi connectivity index (χ3v) is 5.97. The summed E-state index contributed by atoms with van der Waals surface area (Å²) < 4.78 is 0. The first-order valence-corrected chi connectivity index (χ1v) is 11.4. The maximum Gasteiger partial charge on any atom is 0.236 e. The van der Waals surface area contributed by atoms with E-state index in [1.165, 1.54) is 12.2 Å². The first-order valence-electron chi connectivity index (χ1n) is 9.98. The van der Waals surface area contributed by atoms with E-state index in [2.05, 4.69) is 45.1 Å². The van der Waals surface area contributed by atoms with Gasteiger partial charge in [-0.25, -0.2) is 0 Å². The topological polar surface area (TPSA) is 51.2 Å². The number of rotatable bonds is 6. The Labute approximate surface area is 186 Å². The predicted molar refractivity (Wildman–Crippen MR) is 127 cm³/mol. The van der Waals surface area contributed by atoms with Gasteiger partial charge in [0.15, 0.2) is 5.96 Å². The van der Waals surface area contributed by atoms with Crippen molar-refractivity contribution in [3.05, 3.63) is 0 Å². The number of carbonyl (C=O) groups excluding carboxylic acids is 1. The lowest BCUT2D eigenvalue weighted by Gasteiger charge is -2.39.